The SMILES string of the molecule is N#CC1(NC(=O)[C@@H]2CCCCC2C(=O)N2CCc3[nH]c4ccccc4c3C2)CC1. The number of para-hydroxylation sites is 1. The fourth-order valence-electron chi connectivity index (χ4n) is 5.05. The predicted molar refractivity (Wildman–Crippen MR) is 109 cm³/mol. The van der Waals surface area contributed by atoms with Gasteiger partial charge in [0.25, 0.3) is 0 Å². The number of H-pyrrole nitrogens is 1. The molecule has 2 N–H and O–H groups in total. The van der Waals surface area contributed by atoms with Gasteiger partial charge in [0, 0.05) is 53.5 Å². The molecular formula is C23H26N4O2. The Kier molecular flexibility index (Phi) is 4.34. The van der Waals surface area contributed by atoms with Gasteiger partial charge in [0.1, 0.15) is 5.54 Å². The highest BCUT2D eigenvalue weighted by atomic mass is 16.2. The van der Waals surface area contributed by atoms with Gasteiger partial charge in [-0.2, -0.15) is 5.26 Å². The van der Waals surface area contributed by atoms with E-state index in [1.807, 2.05) is 17.0 Å². The number of nitriles is 1. The summed E-state index contributed by atoms with van der Waals surface area (Å²) in [5, 5.41) is 13.4. The molecule has 0 bridgehead atoms. The van der Waals surface area contributed by atoms with E-state index in [4.69, 9.17) is 0 Å². The van der Waals surface area contributed by atoms with Crippen LogP contribution in [0.5, 0.6) is 0 Å². The largest absolute Gasteiger partial charge is 0.358 e. The molecule has 150 valence electrons. The second-order valence-electron chi connectivity index (χ2n) is 8.82. The molecule has 2 heterocycles. The zero-order valence-electron chi connectivity index (χ0n) is 16.5. The van der Waals surface area contributed by atoms with Gasteiger partial charge in [0.05, 0.1) is 6.07 Å². The Morgan fingerprint density at radius 2 is 1.93 bits per heavy atom. The molecule has 2 fully saturated rings. The molecule has 0 saturated heterocycles. The zero-order valence-corrected chi connectivity index (χ0v) is 16.5. The molecular weight excluding hydrogens is 364 g/mol. The van der Waals surface area contributed by atoms with Crippen LogP contribution in [-0.2, 0) is 22.6 Å². The van der Waals surface area contributed by atoms with Gasteiger partial charge < -0.3 is 15.2 Å². The minimum atomic E-state index is -0.674. The van der Waals surface area contributed by atoms with Crippen molar-refractivity contribution in [2.75, 3.05) is 6.54 Å². The summed E-state index contributed by atoms with van der Waals surface area (Å²) in [6.45, 7) is 1.29. The van der Waals surface area contributed by atoms with Crippen LogP contribution in [0.3, 0.4) is 0 Å². The first-order chi connectivity index (χ1) is 14.1. The maximum atomic E-state index is 13.5. The number of hydrogen-bond acceptors (Lipinski definition) is 3. The number of hydrogen-bond donors (Lipinski definition) is 2. The molecule has 2 aromatic rings. The molecule has 1 aliphatic heterocycles. The van der Waals surface area contributed by atoms with Crippen molar-refractivity contribution in [2.45, 2.75) is 57.0 Å². The summed E-state index contributed by atoms with van der Waals surface area (Å²) in [7, 11) is 0. The second-order valence-corrected chi connectivity index (χ2v) is 8.82. The number of amides is 2. The van der Waals surface area contributed by atoms with Crippen molar-refractivity contribution in [3.05, 3.63) is 35.5 Å². The van der Waals surface area contributed by atoms with E-state index in [9.17, 15) is 14.9 Å². The van der Waals surface area contributed by atoms with Gasteiger partial charge in [0.2, 0.25) is 11.8 Å². The van der Waals surface area contributed by atoms with Crippen molar-refractivity contribution in [1.29, 1.82) is 5.26 Å². The minimum absolute atomic E-state index is 0.0996. The number of nitrogens with one attached hydrogen (secondary N) is 2. The maximum Gasteiger partial charge on any atom is 0.226 e. The first-order valence-corrected chi connectivity index (χ1v) is 10.7. The van der Waals surface area contributed by atoms with Crippen molar-refractivity contribution in [2.24, 2.45) is 11.8 Å². The van der Waals surface area contributed by atoms with Gasteiger partial charge in [-0.15, -0.1) is 0 Å². The van der Waals surface area contributed by atoms with Gasteiger partial charge in [-0.25, -0.2) is 0 Å². The number of fused-ring (bicyclic) bond motifs is 3. The first kappa shape index (κ1) is 18.2. The van der Waals surface area contributed by atoms with Gasteiger partial charge in [-0.3, -0.25) is 9.59 Å². The van der Waals surface area contributed by atoms with Crippen molar-refractivity contribution in [3.8, 4) is 6.07 Å². The van der Waals surface area contributed by atoms with E-state index in [0.29, 0.717) is 13.1 Å². The average molecular weight is 390 g/mol. The van der Waals surface area contributed by atoms with Crippen LogP contribution in [0.15, 0.2) is 24.3 Å². The van der Waals surface area contributed by atoms with Gasteiger partial charge in [0.15, 0.2) is 0 Å². The fraction of sp³-hybridized carbons (Fsp3) is 0.522. The smallest absolute Gasteiger partial charge is 0.226 e. The Morgan fingerprint density at radius 1 is 1.17 bits per heavy atom. The summed E-state index contributed by atoms with van der Waals surface area (Å²) in [6, 6.07) is 10.5. The molecule has 0 radical (unpaired) electrons. The Labute approximate surface area is 170 Å². The Morgan fingerprint density at radius 3 is 2.69 bits per heavy atom. The van der Waals surface area contributed by atoms with Crippen LogP contribution in [0.1, 0.15) is 49.8 Å². The van der Waals surface area contributed by atoms with Gasteiger partial charge >= 0.3 is 0 Å². The van der Waals surface area contributed by atoms with Crippen molar-refractivity contribution in [1.82, 2.24) is 15.2 Å². The third-order valence-electron chi connectivity index (χ3n) is 6.94. The summed E-state index contributed by atoms with van der Waals surface area (Å²) in [5.74, 6) is -0.592. The molecule has 3 aliphatic rings. The Balaban J connectivity index is 1.35. The van der Waals surface area contributed by atoms with Crippen LogP contribution < -0.4 is 5.32 Å². The summed E-state index contributed by atoms with van der Waals surface area (Å²) in [6.07, 6.45) is 5.69. The molecule has 29 heavy (non-hydrogen) atoms. The summed E-state index contributed by atoms with van der Waals surface area (Å²) < 4.78 is 0. The number of rotatable bonds is 3. The van der Waals surface area contributed by atoms with E-state index >= 15 is 0 Å². The molecule has 6 nitrogen and oxygen atoms in total. The highest BCUT2D eigenvalue weighted by Gasteiger charge is 2.47. The lowest BCUT2D eigenvalue weighted by atomic mass is 9.77. The summed E-state index contributed by atoms with van der Waals surface area (Å²) in [5.41, 5.74) is 2.87. The van der Waals surface area contributed by atoms with Crippen LogP contribution >= 0.6 is 0 Å². The van der Waals surface area contributed by atoms with E-state index in [0.717, 1.165) is 50.5 Å². The van der Waals surface area contributed by atoms with Gasteiger partial charge in [-0.1, -0.05) is 31.0 Å². The number of aromatic nitrogens is 1. The molecule has 2 atom stereocenters. The summed E-state index contributed by atoms with van der Waals surface area (Å²) in [4.78, 5) is 31.8. The molecule has 1 aromatic carbocycles. The molecule has 0 spiro atoms. The van der Waals surface area contributed by atoms with Crippen molar-refractivity contribution in [3.63, 3.8) is 0 Å². The molecule has 2 amide bonds. The van der Waals surface area contributed by atoms with E-state index in [1.54, 1.807) is 0 Å². The summed E-state index contributed by atoms with van der Waals surface area (Å²) >= 11 is 0. The number of carbonyl (C=O) groups excluding carboxylic acids is 2. The number of nitrogens with zero attached hydrogens (tertiary/aromatic N) is 2. The molecule has 2 aliphatic carbocycles. The molecule has 1 unspecified atom stereocenters. The highest BCUT2D eigenvalue weighted by molar-refractivity contribution is 5.90. The lowest BCUT2D eigenvalue weighted by Gasteiger charge is -2.36. The average Bonchev–Trinajstić information content (AvgIpc) is 3.44. The van der Waals surface area contributed by atoms with Crippen LogP contribution in [0.4, 0.5) is 0 Å². The van der Waals surface area contributed by atoms with Crippen LogP contribution in [0.25, 0.3) is 10.9 Å². The van der Waals surface area contributed by atoms with Crippen LogP contribution in [0, 0.1) is 23.2 Å². The third-order valence-corrected chi connectivity index (χ3v) is 6.94. The van der Waals surface area contributed by atoms with Crippen molar-refractivity contribution >= 4 is 22.7 Å². The van der Waals surface area contributed by atoms with Crippen LogP contribution in [0.2, 0.25) is 0 Å². The maximum absolute atomic E-state index is 13.5. The number of aromatic amines is 1. The topological polar surface area (TPSA) is 89.0 Å². The number of benzene rings is 1. The predicted octanol–water partition coefficient (Wildman–Crippen LogP) is 3.03. The first-order valence-electron chi connectivity index (χ1n) is 10.7. The monoisotopic (exact) mass is 390 g/mol. The zero-order chi connectivity index (χ0) is 20.0. The lowest BCUT2D eigenvalue weighted by molar-refractivity contribution is -0.144. The third kappa shape index (κ3) is 3.19. The minimum Gasteiger partial charge on any atom is -0.358 e. The Hall–Kier alpha value is -2.81. The standard InChI is InChI=1S/C23H26N4O2/c24-14-23(10-11-23)26-21(28)16-6-1-2-7-17(16)22(29)27-12-9-20-18(13-27)15-5-3-4-8-19(15)25-20/h3-5,8,16-17,25H,1-2,6-7,9-13H2,(H,26,28)/t16-,17?/m1/s1. The molecule has 2 saturated carbocycles. The normalized spacial score (nSPS) is 25.1. The second kappa shape index (κ2) is 6.91. The molecule has 1 aromatic heterocycles. The highest BCUT2D eigenvalue weighted by Crippen LogP contribution is 2.38. The number of carbonyl (C=O) groups is 2. The van der Waals surface area contributed by atoms with Crippen LogP contribution in [-0.4, -0.2) is 33.8 Å². The lowest BCUT2D eigenvalue weighted by Crippen LogP contribution is -2.48. The van der Waals surface area contributed by atoms with E-state index in [2.05, 4.69) is 28.5 Å². The quantitative estimate of drug-likeness (QED) is 0.844. The molecule has 6 heteroatoms. The van der Waals surface area contributed by atoms with Gasteiger partial charge in [-0.05, 0) is 31.7 Å². The van der Waals surface area contributed by atoms with E-state index < -0.39 is 5.54 Å². The van der Waals surface area contributed by atoms with E-state index in [1.165, 1.54) is 16.6 Å². The van der Waals surface area contributed by atoms with Crippen molar-refractivity contribution < 1.29 is 9.59 Å². The van der Waals surface area contributed by atoms with E-state index in [-0.39, 0.29) is 23.7 Å². The fourth-order valence-corrected chi connectivity index (χ4v) is 5.05. The Bertz CT molecular complexity index is 1010. The molecule has 5 rings (SSSR count).